The lowest BCUT2D eigenvalue weighted by atomic mass is 9.95. The molecule has 0 radical (unpaired) electrons. The van der Waals surface area contributed by atoms with E-state index in [-0.39, 0.29) is 5.41 Å². The number of aryl methyl sites for hydroxylation is 1. The van der Waals surface area contributed by atoms with Crippen molar-refractivity contribution in [2.75, 3.05) is 0 Å². The molecule has 0 atom stereocenters. The topological polar surface area (TPSA) is 0 Å². The van der Waals surface area contributed by atoms with Crippen molar-refractivity contribution in [1.29, 1.82) is 0 Å². The van der Waals surface area contributed by atoms with Gasteiger partial charge in [0, 0.05) is 19.5 Å². The third kappa shape index (κ3) is 2.38. The molecular formula is C14H18S2. The van der Waals surface area contributed by atoms with Crippen LogP contribution in [0.25, 0.3) is 9.75 Å². The fourth-order valence-corrected chi connectivity index (χ4v) is 3.68. The predicted molar refractivity (Wildman–Crippen MR) is 75.7 cm³/mol. The monoisotopic (exact) mass is 250 g/mol. The molecule has 0 aliphatic heterocycles. The second kappa shape index (κ2) is 4.34. The molecule has 2 heteroatoms. The van der Waals surface area contributed by atoms with E-state index in [0.29, 0.717) is 0 Å². The second-order valence-corrected chi connectivity index (χ2v) is 7.29. The minimum Gasteiger partial charge on any atom is -0.139 e. The second-order valence-electron chi connectivity index (χ2n) is 5.03. The summed E-state index contributed by atoms with van der Waals surface area (Å²) in [4.78, 5) is 5.77. The minimum atomic E-state index is 0.272. The van der Waals surface area contributed by atoms with Gasteiger partial charge in [0.25, 0.3) is 0 Å². The highest BCUT2D eigenvalue weighted by Gasteiger charge is 2.16. The van der Waals surface area contributed by atoms with E-state index in [1.165, 1.54) is 19.5 Å². The molecule has 0 spiro atoms. The van der Waals surface area contributed by atoms with Crippen molar-refractivity contribution in [2.24, 2.45) is 0 Å². The summed E-state index contributed by atoms with van der Waals surface area (Å²) in [6.07, 6.45) is 1.14. The zero-order valence-electron chi connectivity index (χ0n) is 10.3. The van der Waals surface area contributed by atoms with Gasteiger partial charge in [-0.1, -0.05) is 27.7 Å². The molecule has 86 valence electrons. The molecule has 0 N–H and O–H groups in total. The van der Waals surface area contributed by atoms with E-state index in [2.05, 4.69) is 52.0 Å². The highest BCUT2D eigenvalue weighted by Crippen LogP contribution is 2.37. The molecule has 2 rings (SSSR count). The molecule has 0 nitrogen and oxygen atoms in total. The van der Waals surface area contributed by atoms with Crippen LogP contribution >= 0.6 is 22.7 Å². The Balaban J connectivity index is 2.31. The van der Waals surface area contributed by atoms with E-state index in [4.69, 9.17) is 0 Å². The van der Waals surface area contributed by atoms with Crippen LogP contribution in [0.5, 0.6) is 0 Å². The van der Waals surface area contributed by atoms with Crippen molar-refractivity contribution >= 4 is 22.7 Å². The molecule has 0 aliphatic rings. The number of rotatable bonds is 2. The van der Waals surface area contributed by atoms with Crippen LogP contribution in [0.3, 0.4) is 0 Å². The minimum absolute atomic E-state index is 0.272. The van der Waals surface area contributed by atoms with Gasteiger partial charge in [-0.15, -0.1) is 22.7 Å². The highest BCUT2D eigenvalue weighted by atomic mass is 32.1. The third-order valence-electron chi connectivity index (χ3n) is 2.60. The summed E-state index contributed by atoms with van der Waals surface area (Å²) in [5.74, 6) is 0. The van der Waals surface area contributed by atoms with E-state index in [1.54, 1.807) is 0 Å². The standard InChI is InChI=1S/C14H18S2/c1-5-10-6-7-11(15-10)12-8-9-13(16-12)14(2,3)4/h6-9H,5H2,1-4H3. The summed E-state index contributed by atoms with van der Waals surface area (Å²) in [6, 6.07) is 9.03. The Bertz CT molecular complexity index is 469. The van der Waals surface area contributed by atoms with Gasteiger partial charge in [0.1, 0.15) is 0 Å². The Morgan fingerprint density at radius 2 is 1.56 bits per heavy atom. The first-order valence-electron chi connectivity index (χ1n) is 5.70. The molecule has 2 heterocycles. The molecule has 0 unspecified atom stereocenters. The lowest BCUT2D eigenvalue weighted by Gasteiger charge is -2.15. The van der Waals surface area contributed by atoms with Crippen molar-refractivity contribution in [3.8, 4) is 9.75 Å². The van der Waals surface area contributed by atoms with Gasteiger partial charge in [0.15, 0.2) is 0 Å². The van der Waals surface area contributed by atoms with Crippen LogP contribution in [-0.4, -0.2) is 0 Å². The number of thiophene rings is 2. The first-order valence-corrected chi connectivity index (χ1v) is 7.33. The molecule has 0 fully saturated rings. The van der Waals surface area contributed by atoms with Crippen molar-refractivity contribution < 1.29 is 0 Å². The summed E-state index contributed by atoms with van der Waals surface area (Å²) in [7, 11) is 0. The smallest absolute Gasteiger partial charge is 0.0445 e. The number of hydrogen-bond donors (Lipinski definition) is 0. The molecule has 0 aliphatic carbocycles. The quantitative estimate of drug-likeness (QED) is 0.675. The van der Waals surface area contributed by atoms with Gasteiger partial charge in [-0.2, -0.15) is 0 Å². The molecule has 0 amide bonds. The molecule has 0 saturated carbocycles. The van der Waals surface area contributed by atoms with E-state index in [9.17, 15) is 0 Å². The van der Waals surface area contributed by atoms with Crippen molar-refractivity contribution in [3.05, 3.63) is 34.0 Å². The SMILES string of the molecule is CCc1ccc(-c2ccc(C(C)(C)C)s2)s1. The van der Waals surface area contributed by atoms with Crippen LogP contribution in [0.4, 0.5) is 0 Å². The van der Waals surface area contributed by atoms with Gasteiger partial charge in [0.05, 0.1) is 0 Å². The van der Waals surface area contributed by atoms with Crippen molar-refractivity contribution in [1.82, 2.24) is 0 Å². The van der Waals surface area contributed by atoms with Gasteiger partial charge in [-0.25, -0.2) is 0 Å². The maximum Gasteiger partial charge on any atom is 0.0445 e. The maximum atomic E-state index is 2.27. The molecule has 16 heavy (non-hydrogen) atoms. The molecule has 0 bridgehead atoms. The molecule has 2 aromatic rings. The zero-order chi connectivity index (χ0) is 11.8. The first-order chi connectivity index (χ1) is 7.50. The molecule has 0 aromatic carbocycles. The van der Waals surface area contributed by atoms with E-state index in [0.717, 1.165) is 6.42 Å². The summed E-state index contributed by atoms with van der Waals surface area (Å²) >= 11 is 3.85. The van der Waals surface area contributed by atoms with Crippen molar-refractivity contribution in [3.63, 3.8) is 0 Å². The number of hydrogen-bond acceptors (Lipinski definition) is 2. The van der Waals surface area contributed by atoms with Crippen LogP contribution in [-0.2, 0) is 11.8 Å². The van der Waals surface area contributed by atoms with Crippen LogP contribution in [0.1, 0.15) is 37.4 Å². The van der Waals surface area contributed by atoms with Crippen LogP contribution in [0.2, 0.25) is 0 Å². The zero-order valence-corrected chi connectivity index (χ0v) is 12.0. The normalized spacial score (nSPS) is 12.0. The highest BCUT2D eigenvalue weighted by molar-refractivity contribution is 7.22. The fourth-order valence-electron chi connectivity index (χ4n) is 1.57. The van der Waals surface area contributed by atoms with Crippen LogP contribution < -0.4 is 0 Å². The summed E-state index contributed by atoms with van der Waals surface area (Å²) in [5.41, 5.74) is 0.272. The van der Waals surface area contributed by atoms with Crippen LogP contribution in [0, 0.1) is 0 Å². The molecule has 0 saturated heterocycles. The van der Waals surface area contributed by atoms with Gasteiger partial charge in [0.2, 0.25) is 0 Å². The summed E-state index contributed by atoms with van der Waals surface area (Å²) in [5, 5.41) is 0. The Labute approximate surface area is 106 Å². The third-order valence-corrected chi connectivity index (χ3v) is 5.53. The Hall–Kier alpha value is -0.600. The Kier molecular flexibility index (Phi) is 3.22. The van der Waals surface area contributed by atoms with E-state index < -0.39 is 0 Å². The Morgan fingerprint density at radius 3 is 2.06 bits per heavy atom. The lowest BCUT2D eigenvalue weighted by Crippen LogP contribution is -2.07. The predicted octanol–water partition coefficient (Wildman–Crippen LogP) is 5.34. The average Bonchev–Trinajstić information content (AvgIpc) is 2.85. The lowest BCUT2D eigenvalue weighted by molar-refractivity contribution is 0.604. The Morgan fingerprint density at radius 1 is 0.938 bits per heavy atom. The first kappa shape index (κ1) is 11.9. The summed E-state index contributed by atoms with van der Waals surface area (Å²) in [6.45, 7) is 9.03. The van der Waals surface area contributed by atoms with Crippen molar-refractivity contribution in [2.45, 2.75) is 39.5 Å². The van der Waals surface area contributed by atoms with Gasteiger partial charge in [-0.05, 0) is 36.1 Å². The van der Waals surface area contributed by atoms with Gasteiger partial charge >= 0.3 is 0 Å². The maximum absolute atomic E-state index is 2.27. The largest absolute Gasteiger partial charge is 0.139 e. The summed E-state index contributed by atoms with van der Waals surface area (Å²) < 4.78 is 0. The fraction of sp³-hybridized carbons (Fsp3) is 0.429. The van der Waals surface area contributed by atoms with Gasteiger partial charge < -0.3 is 0 Å². The van der Waals surface area contributed by atoms with Crippen LogP contribution in [0.15, 0.2) is 24.3 Å². The average molecular weight is 250 g/mol. The van der Waals surface area contributed by atoms with E-state index >= 15 is 0 Å². The molecular weight excluding hydrogens is 232 g/mol. The van der Waals surface area contributed by atoms with Gasteiger partial charge in [-0.3, -0.25) is 0 Å². The van der Waals surface area contributed by atoms with E-state index in [1.807, 2.05) is 22.7 Å². The molecule has 2 aromatic heterocycles.